The van der Waals surface area contributed by atoms with Crippen molar-refractivity contribution in [1.82, 2.24) is 10.3 Å². The number of nitrogen functional groups attached to an aromatic ring is 1. The molecule has 0 radical (unpaired) electrons. The van der Waals surface area contributed by atoms with E-state index >= 15 is 0 Å². The van der Waals surface area contributed by atoms with Gasteiger partial charge < -0.3 is 21.1 Å². The molecule has 6 nitrogen and oxygen atoms in total. The van der Waals surface area contributed by atoms with Crippen LogP contribution >= 0.6 is 11.3 Å². The van der Waals surface area contributed by atoms with Gasteiger partial charge >= 0.3 is 0 Å². The van der Waals surface area contributed by atoms with E-state index in [1.54, 1.807) is 0 Å². The van der Waals surface area contributed by atoms with Gasteiger partial charge in [-0.15, -0.1) is 0 Å². The van der Waals surface area contributed by atoms with Gasteiger partial charge in [-0.3, -0.25) is 4.79 Å². The number of ether oxygens (including phenoxy) is 1. The number of nitrogens with one attached hydrogen (secondary N) is 2. The minimum Gasteiger partial charge on any atom is -0.382 e. The minimum absolute atomic E-state index is 0.137. The van der Waals surface area contributed by atoms with Crippen molar-refractivity contribution >= 4 is 33.9 Å². The fraction of sp³-hybridized carbons (Fsp3) is 0.167. The van der Waals surface area contributed by atoms with Crippen molar-refractivity contribution in [2.75, 3.05) is 24.9 Å². The van der Waals surface area contributed by atoms with Crippen molar-refractivity contribution in [2.24, 2.45) is 0 Å². The zero-order chi connectivity index (χ0) is 13.7. The Balaban J connectivity index is 2.10. The maximum Gasteiger partial charge on any atom is 0.267 e. The third kappa shape index (κ3) is 3.43. The molecule has 0 unspecified atom stereocenters. The monoisotopic (exact) mass is 278 g/mol. The second-order valence-corrected chi connectivity index (χ2v) is 4.66. The summed E-state index contributed by atoms with van der Waals surface area (Å²) < 4.78 is 4.77. The van der Waals surface area contributed by atoms with Gasteiger partial charge in [0.25, 0.3) is 5.91 Å². The quantitative estimate of drug-likeness (QED) is 0.726. The summed E-state index contributed by atoms with van der Waals surface area (Å²) in [5.74, 6) is -0.0880. The second-order valence-electron chi connectivity index (χ2n) is 3.66. The van der Waals surface area contributed by atoms with Crippen molar-refractivity contribution in [1.29, 1.82) is 0 Å². The van der Waals surface area contributed by atoms with E-state index in [1.165, 1.54) is 18.4 Å². The summed E-state index contributed by atoms with van der Waals surface area (Å²) in [4.78, 5) is 16.3. The van der Waals surface area contributed by atoms with Crippen LogP contribution < -0.4 is 16.4 Å². The van der Waals surface area contributed by atoms with Crippen LogP contribution in [0, 0.1) is 0 Å². The third-order valence-corrected chi connectivity index (χ3v) is 3.25. The van der Waals surface area contributed by atoms with E-state index in [2.05, 4.69) is 15.6 Å². The molecule has 0 aliphatic carbocycles. The first-order valence-corrected chi connectivity index (χ1v) is 6.38. The second kappa shape index (κ2) is 6.17. The normalized spacial score (nSPS) is 10.2. The van der Waals surface area contributed by atoms with Gasteiger partial charge in [0.1, 0.15) is 17.4 Å². The summed E-state index contributed by atoms with van der Waals surface area (Å²) in [6.07, 6.45) is 0. The summed E-state index contributed by atoms with van der Waals surface area (Å²) in [5, 5.41) is 6.24. The number of hydrogen-bond donors (Lipinski definition) is 3. The Morgan fingerprint density at radius 2 is 2.16 bits per heavy atom. The van der Waals surface area contributed by atoms with Gasteiger partial charge in [0.15, 0.2) is 5.13 Å². The average Bonchev–Trinajstić information content (AvgIpc) is 2.78. The van der Waals surface area contributed by atoms with E-state index in [-0.39, 0.29) is 18.5 Å². The molecule has 0 aliphatic heterocycles. The number of aromatic nitrogens is 1. The number of anilines is 3. The lowest BCUT2D eigenvalue weighted by Gasteiger charge is -2.01. The maximum absolute atomic E-state index is 11.8. The smallest absolute Gasteiger partial charge is 0.267 e. The first kappa shape index (κ1) is 13.3. The largest absolute Gasteiger partial charge is 0.382 e. The molecule has 1 amide bonds. The number of benzene rings is 1. The zero-order valence-electron chi connectivity index (χ0n) is 10.3. The number of hydrogen-bond acceptors (Lipinski definition) is 6. The van der Waals surface area contributed by atoms with Crippen LogP contribution in [-0.2, 0) is 4.74 Å². The molecule has 19 heavy (non-hydrogen) atoms. The van der Waals surface area contributed by atoms with Crippen molar-refractivity contribution in [2.45, 2.75) is 0 Å². The molecule has 0 bridgehead atoms. The Morgan fingerprint density at radius 3 is 2.84 bits per heavy atom. The Morgan fingerprint density at radius 1 is 1.42 bits per heavy atom. The van der Waals surface area contributed by atoms with E-state index < -0.39 is 0 Å². The zero-order valence-corrected chi connectivity index (χ0v) is 11.2. The summed E-state index contributed by atoms with van der Waals surface area (Å²) in [7, 11) is 1.50. The molecule has 0 aliphatic rings. The van der Waals surface area contributed by atoms with Crippen molar-refractivity contribution in [3.05, 3.63) is 35.2 Å². The molecule has 0 saturated heterocycles. The van der Waals surface area contributed by atoms with Crippen LogP contribution in [0.2, 0.25) is 0 Å². The predicted octanol–water partition coefficient (Wildman–Crippen LogP) is 1.80. The van der Waals surface area contributed by atoms with Crippen molar-refractivity contribution < 1.29 is 9.53 Å². The van der Waals surface area contributed by atoms with Gasteiger partial charge in [-0.25, -0.2) is 4.98 Å². The fourth-order valence-corrected chi connectivity index (χ4v) is 2.23. The van der Waals surface area contributed by atoms with Crippen LogP contribution in [-0.4, -0.2) is 24.7 Å². The van der Waals surface area contributed by atoms with Gasteiger partial charge in [0, 0.05) is 12.8 Å². The number of para-hydroxylation sites is 1. The highest BCUT2D eigenvalue weighted by Gasteiger charge is 2.15. The molecular formula is C12H14N4O2S. The molecule has 1 aromatic heterocycles. The Hall–Kier alpha value is -2.12. The summed E-state index contributed by atoms with van der Waals surface area (Å²) in [5.41, 5.74) is 6.61. The molecule has 2 rings (SSSR count). The molecule has 0 fully saturated rings. The topological polar surface area (TPSA) is 89.3 Å². The third-order valence-electron chi connectivity index (χ3n) is 2.26. The maximum atomic E-state index is 11.8. The number of carbonyl (C=O) groups is 1. The van der Waals surface area contributed by atoms with E-state index in [1.807, 2.05) is 30.3 Å². The molecule has 0 atom stereocenters. The molecule has 1 heterocycles. The highest BCUT2D eigenvalue weighted by molar-refractivity contribution is 7.18. The number of carbonyl (C=O) groups excluding carboxylic acids is 1. The number of amides is 1. The SMILES string of the molecule is COCNC(=O)c1sc(Nc2ccccc2)nc1N. The van der Waals surface area contributed by atoms with E-state index in [0.717, 1.165) is 5.69 Å². The summed E-state index contributed by atoms with van der Waals surface area (Å²) in [6, 6.07) is 9.55. The lowest BCUT2D eigenvalue weighted by molar-refractivity contribution is 0.0877. The van der Waals surface area contributed by atoms with Gasteiger partial charge in [-0.05, 0) is 12.1 Å². The lowest BCUT2D eigenvalue weighted by atomic mass is 10.3. The van der Waals surface area contributed by atoms with Gasteiger partial charge in [0.05, 0.1) is 0 Å². The van der Waals surface area contributed by atoms with Crippen molar-refractivity contribution in [3.63, 3.8) is 0 Å². The molecule has 1 aromatic carbocycles. The highest BCUT2D eigenvalue weighted by Crippen LogP contribution is 2.27. The number of methoxy groups -OCH3 is 1. The lowest BCUT2D eigenvalue weighted by Crippen LogP contribution is -2.25. The standard InChI is InChI=1S/C12H14N4O2S/c1-18-7-14-11(17)9-10(13)16-12(19-9)15-8-5-3-2-4-6-8/h2-6H,7,13H2,1H3,(H,14,17)(H,15,16). The molecule has 0 saturated carbocycles. The van der Waals surface area contributed by atoms with Crippen LogP contribution in [0.25, 0.3) is 0 Å². The molecule has 100 valence electrons. The molecule has 0 spiro atoms. The first-order valence-electron chi connectivity index (χ1n) is 5.56. The first-order chi connectivity index (χ1) is 9.20. The summed E-state index contributed by atoms with van der Waals surface area (Å²) >= 11 is 1.20. The number of nitrogens with two attached hydrogens (primary N) is 1. The average molecular weight is 278 g/mol. The van der Waals surface area contributed by atoms with E-state index in [4.69, 9.17) is 10.5 Å². The van der Waals surface area contributed by atoms with Crippen LogP contribution in [0.15, 0.2) is 30.3 Å². The van der Waals surface area contributed by atoms with Crippen LogP contribution in [0.3, 0.4) is 0 Å². The Labute approximate surface area is 114 Å². The van der Waals surface area contributed by atoms with Crippen LogP contribution in [0.4, 0.5) is 16.6 Å². The Kier molecular flexibility index (Phi) is 4.32. The fourth-order valence-electron chi connectivity index (χ4n) is 1.41. The summed E-state index contributed by atoms with van der Waals surface area (Å²) in [6.45, 7) is 0.137. The Bertz CT molecular complexity index is 556. The number of rotatable bonds is 5. The van der Waals surface area contributed by atoms with Crippen LogP contribution in [0.5, 0.6) is 0 Å². The molecule has 2 aromatic rings. The van der Waals surface area contributed by atoms with Gasteiger partial charge in [-0.2, -0.15) is 0 Å². The van der Waals surface area contributed by atoms with E-state index in [0.29, 0.717) is 10.0 Å². The van der Waals surface area contributed by atoms with Crippen molar-refractivity contribution in [3.8, 4) is 0 Å². The predicted molar refractivity (Wildman–Crippen MR) is 75.6 cm³/mol. The highest BCUT2D eigenvalue weighted by atomic mass is 32.1. The van der Waals surface area contributed by atoms with Gasteiger partial charge in [0.2, 0.25) is 0 Å². The van der Waals surface area contributed by atoms with E-state index in [9.17, 15) is 4.79 Å². The molecule has 7 heteroatoms. The number of thiazole rings is 1. The molecular weight excluding hydrogens is 264 g/mol. The molecule has 4 N–H and O–H groups in total. The number of nitrogens with zero attached hydrogens (tertiary/aromatic N) is 1. The minimum atomic E-state index is -0.294. The van der Waals surface area contributed by atoms with Gasteiger partial charge in [-0.1, -0.05) is 29.5 Å². The van der Waals surface area contributed by atoms with Crippen LogP contribution in [0.1, 0.15) is 9.67 Å².